The molecule has 0 aliphatic heterocycles. The standard InChI is InChI=1S/C13H12ClN3OS/c14-12-7-9(13(15)17-18)1-2-10(12)8-19-11-3-5-16-6-4-11/h1-7,18H,8H2,(H2,15,17). The van der Waals surface area contributed by atoms with Crippen molar-refractivity contribution in [1.82, 2.24) is 4.98 Å². The molecule has 0 fully saturated rings. The number of pyridine rings is 1. The molecule has 3 N–H and O–H groups in total. The van der Waals surface area contributed by atoms with Crippen molar-refractivity contribution >= 4 is 29.2 Å². The average molecular weight is 294 g/mol. The Labute approximate surface area is 120 Å². The first-order chi connectivity index (χ1) is 9.20. The molecule has 19 heavy (non-hydrogen) atoms. The molecular formula is C13H12ClN3OS. The number of rotatable bonds is 4. The lowest BCUT2D eigenvalue weighted by molar-refractivity contribution is 0.318. The number of nitrogens with two attached hydrogens (primary N) is 1. The zero-order valence-electron chi connectivity index (χ0n) is 9.95. The van der Waals surface area contributed by atoms with Crippen molar-refractivity contribution < 1.29 is 5.21 Å². The molecule has 0 saturated carbocycles. The zero-order valence-corrected chi connectivity index (χ0v) is 11.5. The van der Waals surface area contributed by atoms with Crippen LogP contribution in [0.3, 0.4) is 0 Å². The predicted octanol–water partition coefficient (Wildman–Crippen LogP) is 3.12. The normalized spacial score (nSPS) is 11.5. The molecule has 2 rings (SSSR count). The highest BCUT2D eigenvalue weighted by Crippen LogP contribution is 2.26. The number of thioether (sulfide) groups is 1. The number of hydrogen-bond donors (Lipinski definition) is 2. The minimum absolute atomic E-state index is 0.0511. The number of hydrogen-bond acceptors (Lipinski definition) is 4. The Balaban J connectivity index is 2.10. The van der Waals surface area contributed by atoms with Crippen LogP contribution in [0.25, 0.3) is 0 Å². The lowest BCUT2D eigenvalue weighted by Crippen LogP contribution is -2.12. The molecule has 0 spiro atoms. The van der Waals surface area contributed by atoms with Gasteiger partial charge in [-0.25, -0.2) is 0 Å². The fraction of sp³-hybridized carbons (Fsp3) is 0.0769. The Morgan fingerprint density at radius 3 is 2.68 bits per heavy atom. The van der Waals surface area contributed by atoms with Gasteiger partial charge in [-0.3, -0.25) is 4.98 Å². The molecule has 0 unspecified atom stereocenters. The Kier molecular flexibility index (Phi) is 4.65. The number of nitrogens with zero attached hydrogens (tertiary/aromatic N) is 2. The summed E-state index contributed by atoms with van der Waals surface area (Å²) < 4.78 is 0. The minimum atomic E-state index is 0.0511. The van der Waals surface area contributed by atoms with E-state index in [1.165, 1.54) is 0 Å². The lowest BCUT2D eigenvalue weighted by Gasteiger charge is -2.06. The monoisotopic (exact) mass is 293 g/mol. The van der Waals surface area contributed by atoms with Gasteiger partial charge in [-0.15, -0.1) is 11.8 Å². The molecule has 2 aromatic rings. The first-order valence-electron chi connectivity index (χ1n) is 5.50. The molecule has 0 saturated heterocycles. The van der Waals surface area contributed by atoms with E-state index >= 15 is 0 Å². The third kappa shape index (κ3) is 3.62. The van der Waals surface area contributed by atoms with Crippen molar-refractivity contribution in [3.05, 3.63) is 58.9 Å². The van der Waals surface area contributed by atoms with Gasteiger partial charge in [0.2, 0.25) is 0 Å². The van der Waals surface area contributed by atoms with E-state index in [0.29, 0.717) is 10.6 Å². The van der Waals surface area contributed by atoms with Gasteiger partial charge in [0.05, 0.1) is 0 Å². The minimum Gasteiger partial charge on any atom is -0.409 e. The summed E-state index contributed by atoms with van der Waals surface area (Å²) in [5.41, 5.74) is 7.11. The molecule has 0 aliphatic carbocycles. The van der Waals surface area contributed by atoms with Gasteiger partial charge in [-0.1, -0.05) is 28.9 Å². The summed E-state index contributed by atoms with van der Waals surface area (Å²) in [6, 6.07) is 9.25. The fourth-order valence-electron chi connectivity index (χ4n) is 1.48. The second-order valence-corrected chi connectivity index (χ2v) is 5.22. The first kappa shape index (κ1) is 13.7. The Morgan fingerprint density at radius 1 is 1.32 bits per heavy atom. The molecular weight excluding hydrogens is 282 g/mol. The largest absolute Gasteiger partial charge is 0.409 e. The Bertz CT molecular complexity index is 590. The van der Waals surface area contributed by atoms with Crippen LogP contribution >= 0.6 is 23.4 Å². The number of amidine groups is 1. The van der Waals surface area contributed by atoms with Gasteiger partial charge in [-0.05, 0) is 23.8 Å². The first-order valence-corrected chi connectivity index (χ1v) is 6.86. The molecule has 98 valence electrons. The summed E-state index contributed by atoms with van der Waals surface area (Å²) in [5.74, 6) is 0.800. The van der Waals surface area contributed by atoms with E-state index in [1.807, 2.05) is 18.2 Å². The summed E-state index contributed by atoms with van der Waals surface area (Å²) in [6.45, 7) is 0. The highest BCUT2D eigenvalue weighted by Gasteiger charge is 2.05. The molecule has 0 bridgehead atoms. The Morgan fingerprint density at radius 2 is 2.05 bits per heavy atom. The molecule has 0 aliphatic rings. The Hall–Kier alpha value is -1.72. The van der Waals surface area contributed by atoms with Crippen molar-refractivity contribution in [2.24, 2.45) is 10.9 Å². The summed E-state index contributed by atoms with van der Waals surface area (Å²) in [7, 11) is 0. The van der Waals surface area contributed by atoms with Crippen LogP contribution in [0.1, 0.15) is 11.1 Å². The number of aromatic nitrogens is 1. The second kappa shape index (κ2) is 6.45. The van der Waals surface area contributed by atoms with Crippen LogP contribution in [0.4, 0.5) is 0 Å². The van der Waals surface area contributed by atoms with Crippen LogP contribution in [0.5, 0.6) is 0 Å². The van der Waals surface area contributed by atoms with Crippen molar-refractivity contribution in [2.45, 2.75) is 10.6 Å². The third-order valence-electron chi connectivity index (χ3n) is 2.50. The van der Waals surface area contributed by atoms with Crippen molar-refractivity contribution in [3.8, 4) is 0 Å². The molecule has 1 aromatic heterocycles. The van der Waals surface area contributed by atoms with E-state index in [-0.39, 0.29) is 5.84 Å². The highest BCUT2D eigenvalue weighted by atomic mass is 35.5. The molecule has 0 radical (unpaired) electrons. The van der Waals surface area contributed by atoms with Gasteiger partial charge in [0.25, 0.3) is 0 Å². The van der Waals surface area contributed by atoms with Crippen molar-refractivity contribution in [3.63, 3.8) is 0 Å². The SMILES string of the molecule is N/C(=N/O)c1ccc(CSc2ccncc2)c(Cl)c1. The number of halogens is 1. The lowest BCUT2D eigenvalue weighted by atomic mass is 10.1. The quantitative estimate of drug-likeness (QED) is 0.299. The second-order valence-electron chi connectivity index (χ2n) is 3.76. The van der Waals surface area contributed by atoms with Gasteiger partial charge in [0, 0.05) is 33.6 Å². The van der Waals surface area contributed by atoms with Gasteiger partial charge in [0.15, 0.2) is 5.84 Å². The van der Waals surface area contributed by atoms with Crippen LogP contribution in [0, 0.1) is 0 Å². The van der Waals surface area contributed by atoms with Gasteiger partial charge >= 0.3 is 0 Å². The highest BCUT2D eigenvalue weighted by molar-refractivity contribution is 7.98. The van der Waals surface area contributed by atoms with Gasteiger partial charge in [0.1, 0.15) is 0 Å². The predicted molar refractivity (Wildman–Crippen MR) is 77.8 cm³/mol. The summed E-state index contributed by atoms with van der Waals surface area (Å²) in [4.78, 5) is 5.10. The van der Waals surface area contributed by atoms with E-state index in [1.54, 1.807) is 36.3 Å². The smallest absolute Gasteiger partial charge is 0.170 e. The molecule has 1 heterocycles. The van der Waals surface area contributed by atoms with Crippen LogP contribution in [-0.4, -0.2) is 16.0 Å². The van der Waals surface area contributed by atoms with Crippen LogP contribution in [-0.2, 0) is 5.75 Å². The van der Waals surface area contributed by atoms with E-state index in [4.69, 9.17) is 22.5 Å². The third-order valence-corrected chi connectivity index (χ3v) is 3.91. The van der Waals surface area contributed by atoms with E-state index in [2.05, 4.69) is 10.1 Å². The van der Waals surface area contributed by atoms with Crippen molar-refractivity contribution in [2.75, 3.05) is 0 Å². The van der Waals surface area contributed by atoms with E-state index in [0.717, 1.165) is 16.2 Å². The van der Waals surface area contributed by atoms with Crippen molar-refractivity contribution in [1.29, 1.82) is 0 Å². The van der Waals surface area contributed by atoms with Gasteiger partial charge < -0.3 is 10.9 Å². The summed E-state index contributed by atoms with van der Waals surface area (Å²) in [5, 5.41) is 12.2. The molecule has 0 amide bonds. The molecule has 0 atom stereocenters. The van der Waals surface area contributed by atoms with Gasteiger partial charge in [-0.2, -0.15) is 0 Å². The van der Waals surface area contributed by atoms with E-state index < -0.39 is 0 Å². The van der Waals surface area contributed by atoms with E-state index in [9.17, 15) is 0 Å². The molecule has 6 heteroatoms. The van der Waals surface area contributed by atoms with Crippen LogP contribution < -0.4 is 5.73 Å². The maximum Gasteiger partial charge on any atom is 0.170 e. The molecule has 4 nitrogen and oxygen atoms in total. The fourth-order valence-corrected chi connectivity index (χ4v) is 2.69. The van der Waals surface area contributed by atoms with Crippen LogP contribution in [0.15, 0.2) is 52.8 Å². The summed E-state index contributed by atoms with van der Waals surface area (Å²) >= 11 is 7.85. The maximum absolute atomic E-state index is 8.61. The van der Waals surface area contributed by atoms with Crippen LogP contribution in [0.2, 0.25) is 5.02 Å². The zero-order chi connectivity index (χ0) is 13.7. The summed E-state index contributed by atoms with van der Waals surface area (Å²) in [6.07, 6.45) is 3.51. The topological polar surface area (TPSA) is 71.5 Å². The average Bonchev–Trinajstić information content (AvgIpc) is 2.46. The molecule has 1 aromatic carbocycles. The number of oxime groups is 1. The maximum atomic E-state index is 8.61. The number of benzene rings is 1.